The number of hydrogen-bond donors (Lipinski definition) is 2. The second-order valence-electron chi connectivity index (χ2n) is 5.20. The monoisotopic (exact) mass is 320 g/mol. The van der Waals surface area contributed by atoms with Gasteiger partial charge < -0.3 is 15.4 Å². The molecule has 0 bridgehead atoms. The van der Waals surface area contributed by atoms with Crippen molar-refractivity contribution in [3.05, 3.63) is 46.7 Å². The highest BCUT2D eigenvalue weighted by atomic mass is 35.5. The molecule has 2 N–H and O–H groups in total. The van der Waals surface area contributed by atoms with Crippen molar-refractivity contribution in [3.8, 4) is 5.75 Å². The van der Waals surface area contributed by atoms with Crippen LogP contribution in [0, 0.1) is 0 Å². The van der Waals surface area contributed by atoms with Gasteiger partial charge in [0.25, 0.3) is 0 Å². The highest BCUT2D eigenvalue weighted by molar-refractivity contribution is 6.32. The lowest BCUT2D eigenvalue weighted by atomic mass is 10.0. The van der Waals surface area contributed by atoms with Crippen molar-refractivity contribution in [1.82, 2.24) is 20.4 Å². The number of para-hydroxylation sites is 1. The van der Waals surface area contributed by atoms with Gasteiger partial charge in [-0.15, -0.1) is 0 Å². The first kappa shape index (κ1) is 14.7. The van der Waals surface area contributed by atoms with Crippen LogP contribution in [0.1, 0.15) is 23.6 Å². The van der Waals surface area contributed by atoms with E-state index in [-0.39, 0.29) is 12.1 Å². The van der Waals surface area contributed by atoms with Gasteiger partial charge in [-0.3, -0.25) is 4.68 Å². The summed E-state index contributed by atoms with van der Waals surface area (Å²) in [6, 6.07) is 5.24. The average molecular weight is 321 g/mol. The maximum Gasteiger partial charge on any atom is 0.315 e. The lowest BCUT2D eigenvalue weighted by molar-refractivity contribution is 0.223. The van der Waals surface area contributed by atoms with Gasteiger partial charge in [0.05, 0.1) is 23.9 Å². The number of nitrogens with one attached hydrogen (secondary N) is 2. The molecule has 1 unspecified atom stereocenters. The normalized spacial score (nSPS) is 16.5. The van der Waals surface area contributed by atoms with E-state index >= 15 is 0 Å². The number of nitrogens with zero attached hydrogens (tertiary/aromatic N) is 2. The van der Waals surface area contributed by atoms with Crippen LogP contribution >= 0.6 is 11.6 Å². The summed E-state index contributed by atoms with van der Waals surface area (Å²) in [5.74, 6) is 0.660. The fourth-order valence-electron chi connectivity index (χ4n) is 2.49. The number of urea groups is 1. The molecule has 0 spiro atoms. The maximum absolute atomic E-state index is 12.1. The zero-order valence-electron chi connectivity index (χ0n) is 12.2. The standard InChI is InChI=1S/C15H17ClN4O2/c1-20-9-10(8-18-20)7-17-15(21)19-13-5-6-22-14-11(13)3-2-4-12(14)16/h2-4,8-9,13H,5-7H2,1H3,(H2,17,19,21). The topological polar surface area (TPSA) is 68.2 Å². The van der Waals surface area contributed by atoms with Crippen molar-refractivity contribution in [3.63, 3.8) is 0 Å². The highest BCUT2D eigenvalue weighted by Gasteiger charge is 2.24. The SMILES string of the molecule is Cn1cc(CNC(=O)NC2CCOc3c(Cl)cccc32)cn1. The van der Waals surface area contributed by atoms with Crippen molar-refractivity contribution >= 4 is 17.6 Å². The minimum Gasteiger partial charge on any atom is -0.492 e. The second-order valence-corrected chi connectivity index (χ2v) is 5.60. The van der Waals surface area contributed by atoms with Crippen LogP contribution in [0.3, 0.4) is 0 Å². The quantitative estimate of drug-likeness (QED) is 0.912. The van der Waals surface area contributed by atoms with Crippen molar-refractivity contribution in [2.24, 2.45) is 7.05 Å². The Hall–Kier alpha value is -2.21. The lowest BCUT2D eigenvalue weighted by Crippen LogP contribution is -2.39. The van der Waals surface area contributed by atoms with E-state index < -0.39 is 0 Å². The third kappa shape index (κ3) is 3.17. The number of fused-ring (bicyclic) bond motifs is 1. The minimum atomic E-state index is -0.221. The molecule has 1 aliphatic rings. The molecule has 1 atom stereocenters. The molecule has 2 amide bonds. The van der Waals surface area contributed by atoms with E-state index in [0.717, 1.165) is 11.1 Å². The Balaban J connectivity index is 1.62. The van der Waals surface area contributed by atoms with Gasteiger partial charge in [0.1, 0.15) is 5.75 Å². The smallest absolute Gasteiger partial charge is 0.315 e. The number of carbonyl (C=O) groups excluding carboxylic acids is 1. The predicted molar refractivity (Wildman–Crippen MR) is 82.9 cm³/mol. The predicted octanol–water partition coefficient (Wildman–Crippen LogP) is 2.40. The summed E-state index contributed by atoms with van der Waals surface area (Å²) in [6.45, 7) is 0.968. The van der Waals surface area contributed by atoms with Crippen LogP contribution in [0.5, 0.6) is 5.75 Å². The molecule has 1 aromatic carbocycles. The summed E-state index contributed by atoms with van der Waals surface area (Å²) in [5.41, 5.74) is 1.86. The third-order valence-electron chi connectivity index (χ3n) is 3.54. The third-order valence-corrected chi connectivity index (χ3v) is 3.84. The largest absolute Gasteiger partial charge is 0.492 e. The van der Waals surface area contributed by atoms with E-state index in [1.807, 2.05) is 25.4 Å². The number of hydrogen-bond acceptors (Lipinski definition) is 3. The van der Waals surface area contributed by atoms with Gasteiger partial charge in [-0.1, -0.05) is 23.7 Å². The molecule has 7 heteroatoms. The molecular weight excluding hydrogens is 304 g/mol. The van der Waals surface area contributed by atoms with Gasteiger partial charge in [0.2, 0.25) is 0 Å². The van der Waals surface area contributed by atoms with Gasteiger partial charge in [0, 0.05) is 37.3 Å². The maximum atomic E-state index is 12.1. The van der Waals surface area contributed by atoms with E-state index in [2.05, 4.69) is 15.7 Å². The molecule has 1 aliphatic heterocycles. The van der Waals surface area contributed by atoms with Gasteiger partial charge in [0.15, 0.2) is 0 Å². The molecule has 1 aromatic heterocycles. The number of rotatable bonds is 3. The number of aryl methyl sites for hydroxylation is 1. The lowest BCUT2D eigenvalue weighted by Gasteiger charge is -2.27. The Labute approximate surface area is 133 Å². The average Bonchev–Trinajstić information content (AvgIpc) is 2.92. The second kappa shape index (κ2) is 6.27. The Bertz CT molecular complexity index is 686. The molecule has 116 valence electrons. The van der Waals surface area contributed by atoms with Crippen LogP contribution in [0.15, 0.2) is 30.6 Å². The van der Waals surface area contributed by atoms with E-state index in [4.69, 9.17) is 16.3 Å². The zero-order chi connectivity index (χ0) is 15.5. The summed E-state index contributed by atoms with van der Waals surface area (Å²) in [5, 5.41) is 10.4. The van der Waals surface area contributed by atoms with Crippen LogP contribution in [0.4, 0.5) is 4.79 Å². The van der Waals surface area contributed by atoms with Gasteiger partial charge in [-0.05, 0) is 6.07 Å². The van der Waals surface area contributed by atoms with E-state index in [1.54, 1.807) is 16.9 Å². The van der Waals surface area contributed by atoms with Gasteiger partial charge in [-0.2, -0.15) is 5.10 Å². The first-order valence-electron chi connectivity index (χ1n) is 7.06. The summed E-state index contributed by atoms with van der Waals surface area (Å²) >= 11 is 6.12. The molecule has 2 aromatic rings. The molecule has 0 aliphatic carbocycles. The van der Waals surface area contributed by atoms with Crippen molar-refractivity contribution < 1.29 is 9.53 Å². The van der Waals surface area contributed by atoms with Crippen LogP contribution in [0.2, 0.25) is 5.02 Å². The van der Waals surface area contributed by atoms with E-state index in [1.165, 1.54) is 0 Å². The van der Waals surface area contributed by atoms with Crippen LogP contribution in [-0.4, -0.2) is 22.4 Å². The Kier molecular flexibility index (Phi) is 4.20. The Morgan fingerprint density at radius 2 is 2.41 bits per heavy atom. The first-order valence-corrected chi connectivity index (χ1v) is 7.44. The summed E-state index contributed by atoms with van der Waals surface area (Å²) in [7, 11) is 1.84. The van der Waals surface area contributed by atoms with Gasteiger partial charge in [-0.25, -0.2) is 4.79 Å². The first-order chi connectivity index (χ1) is 10.6. The minimum absolute atomic E-state index is 0.101. The van der Waals surface area contributed by atoms with Gasteiger partial charge >= 0.3 is 6.03 Å². The molecule has 0 radical (unpaired) electrons. The molecule has 0 saturated heterocycles. The molecule has 2 heterocycles. The molecule has 6 nitrogen and oxygen atoms in total. The number of halogens is 1. The number of ether oxygens (including phenoxy) is 1. The highest BCUT2D eigenvalue weighted by Crippen LogP contribution is 2.37. The Morgan fingerprint density at radius 1 is 1.55 bits per heavy atom. The number of aromatic nitrogens is 2. The van der Waals surface area contributed by atoms with Crippen LogP contribution in [-0.2, 0) is 13.6 Å². The summed E-state index contributed by atoms with van der Waals surface area (Å²) < 4.78 is 7.28. The molecule has 22 heavy (non-hydrogen) atoms. The van der Waals surface area contributed by atoms with E-state index in [0.29, 0.717) is 30.3 Å². The molecular formula is C15H17ClN4O2. The van der Waals surface area contributed by atoms with Crippen molar-refractivity contribution in [2.45, 2.75) is 19.0 Å². The zero-order valence-corrected chi connectivity index (χ0v) is 12.9. The number of amides is 2. The molecule has 0 fully saturated rings. The van der Waals surface area contributed by atoms with E-state index in [9.17, 15) is 4.79 Å². The van der Waals surface area contributed by atoms with Crippen molar-refractivity contribution in [1.29, 1.82) is 0 Å². The summed E-state index contributed by atoms with van der Waals surface area (Å²) in [4.78, 5) is 12.1. The molecule has 3 rings (SSSR count). The summed E-state index contributed by atoms with van der Waals surface area (Å²) in [6.07, 6.45) is 4.31. The fourth-order valence-corrected chi connectivity index (χ4v) is 2.73. The van der Waals surface area contributed by atoms with Crippen LogP contribution < -0.4 is 15.4 Å². The number of benzene rings is 1. The fraction of sp³-hybridized carbons (Fsp3) is 0.333. The number of carbonyl (C=O) groups is 1. The van der Waals surface area contributed by atoms with Crippen LogP contribution in [0.25, 0.3) is 0 Å². The van der Waals surface area contributed by atoms with Crippen molar-refractivity contribution in [2.75, 3.05) is 6.61 Å². The Morgan fingerprint density at radius 3 is 3.18 bits per heavy atom. The molecule has 0 saturated carbocycles.